The second-order valence-corrected chi connectivity index (χ2v) is 9.52. The van der Waals surface area contributed by atoms with E-state index >= 15 is 0 Å². The summed E-state index contributed by atoms with van der Waals surface area (Å²) in [6.07, 6.45) is -9.98. The highest BCUT2D eigenvalue weighted by atomic mass is 35.5. The second-order valence-electron chi connectivity index (χ2n) is 7.22. The van der Waals surface area contributed by atoms with Crippen LogP contribution in [0.4, 0.5) is 26.3 Å². The lowest BCUT2D eigenvalue weighted by atomic mass is 10.0. The Kier molecular flexibility index (Phi) is 6.53. The van der Waals surface area contributed by atoms with Gasteiger partial charge in [-0.1, -0.05) is 23.7 Å². The summed E-state index contributed by atoms with van der Waals surface area (Å²) in [5, 5.41) is 7.00. The molecule has 0 atom stereocenters. The topological polar surface area (TPSA) is 93.4 Å². The van der Waals surface area contributed by atoms with E-state index in [1.165, 1.54) is 6.07 Å². The molecule has 2 aromatic carbocycles. The number of hydrogen-bond acceptors (Lipinski definition) is 8. The molecule has 16 heteroatoms. The third-order valence-corrected chi connectivity index (χ3v) is 6.32. The molecular formula is C21H9ClF6N6OS2. The largest absolute Gasteiger partial charge is 0.431 e. The fourth-order valence-electron chi connectivity index (χ4n) is 3.05. The number of hydrogen-bond donors (Lipinski definition) is 1. The van der Waals surface area contributed by atoms with Crippen LogP contribution in [0.15, 0.2) is 73.5 Å². The van der Waals surface area contributed by atoms with E-state index in [1.807, 2.05) is 0 Å². The molecule has 3 heterocycles. The quantitative estimate of drug-likeness (QED) is 0.132. The Hall–Kier alpha value is -3.30. The van der Waals surface area contributed by atoms with Gasteiger partial charge >= 0.3 is 12.4 Å². The van der Waals surface area contributed by atoms with Gasteiger partial charge in [-0.25, -0.2) is 19.9 Å². The summed E-state index contributed by atoms with van der Waals surface area (Å²) in [6.45, 7) is 0. The van der Waals surface area contributed by atoms with E-state index in [9.17, 15) is 26.3 Å². The Balaban J connectivity index is 1.40. The highest BCUT2D eigenvalue weighted by molar-refractivity contribution is 7.99. The average molecular weight is 575 g/mol. The predicted molar refractivity (Wildman–Crippen MR) is 121 cm³/mol. The molecule has 0 aliphatic carbocycles. The standard InChI is InChI=1S/C21H9ClF6N6OS2/c22-14-8-15(31-17(30-14)37-19-29-12-3-1-2-4-13(12)35-19)36-18-32-16(33-34-18)9-5-10(20(23,24)25)7-11(6-9)21(26,27)28/h1-8H,(H,32,33,34). The van der Waals surface area contributed by atoms with Crippen LogP contribution in [-0.2, 0) is 12.4 Å². The fourth-order valence-corrected chi connectivity index (χ4v) is 4.85. The number of benzene rings is 2. The van der Waals surface area contributed by atoms with Crippen LogP contribution in [0.2, 0.25) is 5.15 Å². The van der Waals surface area contributed by atoms with Gasteiger partial charge in [0.1, 0.15) is 15.7 Å². The molecule has 0 spiro atoms. The third-order valence-electron chi connectivity index (χ3n) is 4.63. The lowest BCUT2D eigenvalue weighted by Gasteiger charge is -2.13. The number of nitrogens with zero attached hydrogens (tertiary/aromatic N) is 5. The van der Waals surface area contributed by atoms with Crippen LogP contribution in [0, 0.1) is 0 Å². The summed E-state index contributed by atoms with van der Waals surface area (Å²) in [6, 6.07) is 9.65. The highest BCUT2D eigenvalue weighted by Crippen LogP contribution is 2.38. The van der Waals surface area contributed by atoms with E-state index < -0.39 is 29.0 Å². The molecule has 0 bridgehead atoms. The number of oxazole rings is 1. The van der Waals surface area contributed by atoms with E-state index in [0.717, 1.165) is 23.5 Å². The number of nitrogens with one attached hydrogen (secondary N) is 1. The van der Waals surface area contributed by atoms with E-state index in [2.05, 4.69) is 30.1 Å². The molecule has 3 aromatic heterocycles. The number of para-hydroxylation sites is 2. The first-order chi connectivity index (χ1) is 17.4. The number of halogens is 7. The molecule has 37 heavy (non-hydrogen) atoms. The van der Waals surface area contributed by atoms with Crippen LogP contribution in [-0.4, -0.2) is 30.1 Å². The number of fused-ring (bicyclic) bond motifs is 1. The number of alkyl halides is 6. The molecule has 5 aromatic rings. The van der Waals surface area contributed by atoms with Crippen molar-refractivity contribution in [2.75, 3.05) is 0 Å². The van der Waals surface area contributed by atoms with Gasteiger partial charge in [-0.15, -0.1) is 5.10 Å². The third kappa shape index (κ3) is 5.83. The summed E-state index contributed by atoms with van der Waals surface area (Å²) in [7, 11) is 0. The maximum absolute atomic E-state index is 13.2. The number of aromatic nitrogens is 6. The van der Waals surface area contributed by atoms with Gasteiger partial charge in [-0.05, 0) is 42.1 Å². The van der Waals surface area contributed by atoms with Gasteiger partial charge in [-0.3, -0.25) is 5.10 Å². The first kappa shape index (κ1) is 25.4. The Labute approximate surface area is 216 Å². The van der Waals surface area contributed by atoms with Gasteiger partial charge in [0.2, 0.25) is 5.16 Å². The van der Waals surface area contributed by atoms with Crippen molar-refractivity contribution in [2.45, 2.75) is 32.9 Å². The molecule has 0 saturated heterocycles. The SMILES string of the molecule is FC(F)(F)c1cc(-c2nc(Sc3cc(Cl)nc(Sc4nc5ccccc5o4)n3)n[nH]2)cc(C(F)(F)F)c1. The molecule has 0 radical (unpaired) electrons. The normalized spacial score (nSPS) is 12.4. The molecule has 190 valence electrons. The Morgan fingerprint density at radius 3 is 2.16 bits per heavy atom. The van der Waals surface area contributed by atoms with E-state index in [-0.39, 0.29) is 37.6 Å². The Morgan fingerprint density at radius 2 is 1.49 bits per heavy atom. The fraction of sp³-hybridized carbons (Fsp3) is 0.0952. The zero-order chi connectivity index (χ0) is 26.4. The predicted octanol–water partition coefficient (Wildman–Crippen LogP) is 7.40. The summed E-state index contributed by atoms with van der Waals surface area (Å²) < 4.78 is 84.7. The van der Waals surface area contributed by atoms with E-state index in [4.69, 9.17) is 16.0 Å². The van der Waals surface area contributed by atoms with Crippen molar-refractivity contribution in [1.82, 2.24) is 30.1 Å². The number of rotatable bonds is 5. The van der Waals surface area contributed by atoms with Gasteiger partial charge in [-0.2, -0.15) is 26.3 Å². The van der Waals surface area contributed by atoms with Crippen LogP contribution < -0.4 is 0 Å². The van der Waals surface area contributed by atoms with Gasteiger partial charge in [0, 0.05) is 23.4 Å². The summed E-state index contributed by atoms with van der Waals surface area (Å²) in [5.41, 5.74) is -2.16. The Morgan fingerprint density at radius 1 is 0.784 bits per heavy atom. The van der Waals surface area contributed by atoms with Crippen LogP contribution >= 0.6 is 35.1 Å². The van der Waals surface area contributed by atoms with Crippen molar-refractivity contribution >= 4 is 46.2 Å². The van der Waals surface area contributed by atoms with Crippen LogP contribution in [0.3, 0.4) is 0 Å². The van der Waals surface area contributed by atoms with E-state index in [1.54, 1.807) is 24.3 Å². The zero-order valence-electron chi connectivity index (χ0n) is 17.7. The molecule has 0 amide bonds. The first-order valence-corrected chi connectivity index (χ1v) is 11.9. The molecule has 0 aliphatic rings. The van der Waals surface area contributed by atoms with Gasteiger partial charge in [0.25, 0.3) is 5.22 Å². The second kappa shape index (κ2) is 9.54. The molecule has 7 nitrogen and oxygen atoms in total. The van der Waals surface area contributed by atoms with Gasteiger partial charge < -0.3 is 4.42 Å². The van der Waals surface area contributed by atoms with Crippen molar-refractivity contribution in [3.8, 4) is 11.4 Å². The van der Waals surface area contributed by atoms with Gasteiger partial charge in [0.05, 0.1) is 11.1 Å². The number of H-pyrrole nitrogens is 1. The lowest BCUT2D eigenvalue weighted by Crippen LogP contribution is -2.11. The summed E-state index contributed by atoms with van der Waals surface area (Å²) in [4.78, 5) is 16.7. The molecular weight excluding hydrogens is 566 g/mol. The maximum atomic E-state index is 13.2. The first-order valence-electron chi connectivity index (χ1n) is 9.92. The molecule has 5 rings (SSSR count). The minimum Gasteiger partial charge on any atom is -0.431 e. The Bertz CT molecular complexity index is 1540. The smallest absolute Gasteiger partial charge is 0.416 e. The summed E-state index contributed by atoms with van der Waals surface area (Å²) >= 11 is 7.96. The van der Waals surface area contributed by atoms with Crippen LogP contribution in [0.5, 0.6) is 0 Å². The molecule has 0 aliphatic heterocycles. The highest BCUT2D eigenvalue weighted by Gasteiger charge is 2.37. The summed E-state index contributed by atoms with van der Waals surface area (Å²) in [5.74, 6) is -0.291. The van der Waals surface area contributed by atoms with Crippen molar-refractivity contribution in [3.63, 3.8) is 0 Å². The lowest BCUT2D eigenvalue weighted by molar-refractivity contribution is -0.143. The number of aromatic amines is 1. The van der Waals surface area contributed by atoms with Crippen molar-refractivity contribution in [3.05, 3.63) is 64.8 Å². The van der Waals surface area contributed by atoms with Crippen LogP contribution in [0.1, 0.15) is 11.1 Å². The molecule has 0 unspecified atom stereocenters. The van der Waals surface area contributed by atoms with Crippen molar-refractivity contribution < 1.29 is 30.8 Å². The average Bonchev–Trinajstić information content (AvgIpc) is 3.43. The monoisotopic (exact) mass is 574 g/mol. The van der Waals surface area contributed by atoms with Crippen molar-refractivity contribution in [1.29, 1.82) is 0 Å². The minimum absolute atomic E-state index is 0.0199. The van der Waals surface area contributed by atoms with Gasteiger partial charge in [0.15, 0.2) is 16.6 Å². The molecule has 0 saturated carbocycles. The van der Waals surface area contributed by atoms with Crippen molar-refractivity contribution in [2.24, 2.45) is 0 Å². The molecule has 0 fully saturated rings. The minimum atomic E-state index is -4.99. The zero-order valence-corrected chi connectivity index (χ0v) is 20.1. The molecule has 1 N–H and O–H groups in total. The van der Waals surface area contributed by atoms with E-state index in [0.29, 0.717) is 23.2 Å². The van der Waals surface area contributed by atoms with Crippen LogP contribution in [0.25, 0.3) is 22.5 Å². The maximum Gasteiger partial charge on any atom is 0.416 e.